The molecule has 0 radical (unpaired) electrons. The molecular formula is C18H25N3O2. The SMILES string of the molecule is CC(C)(C)N1CCN(C(=O)[C@@H]2CC(=O)Nc3ccccc32)CC1. The van der Waals surface area contributed by atoms with Crippen molar-refractivity contribution in [2.24, 2.45) is 0 Å². The predicted octanol–water partition coefficient (Wildman–Crippen LogP) is 2.06. The average molecular weight is 315 g/mol. The molecule has 1 aromatic carbocycles. The third-order valence-corrected chi connectivity index (χ3v) is 4.84. The second-order valence-corrected chi connectivity index (χ2v) is 7.38. The molecule has 1 saturated heterocycles. The van der Waals surface area contributed by atoms with E-state index in [2.05, 4.69) is 31.0 Å². The van der Waals surface area contributed by atoms with Gasteiger partial charge in [-0.05, 0) is 32.4 Å². The van der Waals surface area contributed by atoms with Gasteiger partial charge in [-0.25, -0.2) is 0 Å². The van der Waals surface area contributed by atoms with Crippen LogP contribution in [0.25, 0.3) is 0 Å². The van der Waals surface area contributed by atoms with Gasteiger partial charge in [0.2, 0.25) is 11.8 Å². The van der Waals surface area contributed by atoms with Crippen LogP contribution in [-0.4, -0.2) is 53.3 Å². The molecule has 5 nitrogen and oxygen atoms in total. The van der Waals surface area contributed by atoms with Crippen LogP contribution < -0.4 is 5.32 Å². The van der Waals surface area contributed by atoms with Crippen molar-refractivity contribution in [3.63, 3.8) is 0 Å². The first kappa shape index (κ1) is 16.0. The number of rotatable bonds is 1. The van der Waals surface area contributed by atoms with Crippen molar-refractivity contribution < 1.29 is 9.59 Å². The predicted molar refractivity (Wildman–Crippen MR) is 90.3 cm³/mol. The van der Waals surface area contributed by atoms with Crippen LogP contribution >= 0.6 is 0 Å². The largest absolute Gasteiger partial charge is 0.340 e. The zero-order valence-corrected chi connectivity index (χ0v) is 14.1. The molecule has 0 aromatic heterocycles. The lowest BCUT2D eigenvalue weighted by atomic mass is 9.89. The smallest absolute Gasteiger partial charge is 0.230 e. The molecule has 23 heavy (non-hydrogen) atoms. The Labute approximate surface area is 137 Å². The molecule has 3 rings (SSSR count). The number of carbonyl (C=O) groups is 2. The van der Waals surface area contributed by atoms with Gasteiger partial charge in [0.25, 0.3) is 0 Å². The number of anilines is 1. The van der Waals surface area contributed by atoms with E-state index in [4.69, 9.17) is 0 Å². The number of amides is 2. The van der Waals surface area contributed by atoms with E-state index in [-0.39, 0.29) is 29.7 Å². The molecule has 0 unspecified atom stereocenters. The topological polar surface area (TPSA) is 52.7 Å². The highest BCUT2D eigenvalue weighted by atomic mass is 16.2. The Hall–Kier alpha value is -1.88. The Balaban J connectivity index is 1.73. The number of benzene rings is 1. The number of nitrogens with zero attached hydrogens (tertiary/aromatic N) is 2. The second-order valence-electron chi connectivity index (χ2n) is 7.38. The standard InChI is InChI=1S/C18H25N3O2/c1-18(2,3)21-10-8-20(9-11-21)17(23)14-12-16(22)19-15-7-5-4-6-13(14)15/h4-7,14H,8-12H2,1-3H3,(H,19,22)/t14-/m1/s1. The summed E-state index contributed by atoms with van der Waals surface area (Å²) in [5.74, 6) is -0.336. The van der Waals surface area contributed by atoms with E-state index in [0.717, 1.165) is 37.4 Å². The van der Waals surface area contributed by atoms with Crippen LogP contribution in [0, 0.1) is 0 Å². The summed E-state index contributed by atoms with van der Waals surface area (Å²) in [6, 6.07) is 7.62. The van der Waals surface area contributed by atoms with E-state index in [0.29, 0.717) is 0 Å². The van der Waals surface area contributed by atoms with Crippen molar-refractivity contribution in [3.8, 4) is 0 Å². The third-order valence-electron chi connectivity index (χ3n) is 4.84. The second kappa shape index (κ2) is 5.96. The van der Waals surface area contributed by atoms with Crippen LogP contribution in [0.5, 0.6) is 0 Å². The number of para-hydroxylation sites is 1. The maximum atomic E-state index is 12.9. The Morgan fingerprint density at radius 3 is 2.43 bits per heavy atom. The van der Waals surface area contributed by atoms with Crippen LogP contribution in [0.4, 0.5) is 5.69 Å². The molecule has 5 heteroatoms. The number of nitrogens with one attached hydrogen (secondary N) is 1. The van der Waals surface area contributed by atoms with E-state index in [1.165, 1.54) is 0 Å². The molecule has 0 spiro atoms. The summed E-state index contributed by atoms with van der Waals surface area (Å²) in [4.78, 5) is 29.2. The monoisotopic (exact) mass is 315 g/mol. The number of carbonyl (C=O) groups excluding carboxylic acids is 2. The van der Waals surface area contributed by atoms with Crippen LogP contribution in [0.15, 0.2) is 24.3 Å². The summed E-state index contributed by atoms with van der Waals surface area (Å²) in [6.45, 7) is 9.84. The maximum Gasteiger partial charge on any atom is 0.230 e. The molecule has 1 atom stereocenters. The summed E-state index contributed by atoms with van der Waals surface area (Å²) in [7, 11) is 0. The lowest BCUT2D eigenvalue weighted by molar-refractivity contribution is -0.137. The molecule has 2 heterocycles. The van der Waals surface area contributed by atoms with E-state index in [9.17, 15) is 9.59 Å². The molecule has 124 valence electrons. The van der Waals surface area contributed by atoms with Gasteiger partial charge in [-0.1, -0.05) is 18.2 Å². The van der Waals surface area contributed by atoms with Crippen molar-refractivity contribution in [1.29, 1.82) is 0 Å². The van der Waals surface area contributed by atoms with Crippen molar-refractivity contribution >= 4 is 17.5 Å². The van der Waals surface area contributed by atoms with Gasteiger partial charge in [0.1, 0.15) is 0 Å². The lowest BCUT2D eigenvalue weighted by Gasteiger charge is -2.43. The zero-order valence-electron chi connectivity index (χ0n) is 14.1. The summed E-state index contributed by atoms with van der Waals surface area (Å²) in [6.07, 6.45) is 0.245. The van der Waals surface area contributed by atoms with E-state index in [1.54, 1.807) is 0 Å². The Morgan fingerprint density at radius 2 is 1.78 bits per heavy atom. The van der Waals surface area contributed by atoms with Crippen molar-refractivity contribution in [2.45, 2.75) is 38.6 Å². The summed E-state index contributed by atoms with van der Waals surface area (Å²) >= 11 is 0. The fourth-order valence-corrected chi connectivity index (χ4v) is 3.45. The number of hydrogen-bond donors (Lipinski definition) is 1. The Morgan fingerprint density at radius 1 is 1.13 bits per heavy atom. The highest BCUT2D eigenvalue weighted by Crippen LogP contribution is 2.33. The Kier molecular flexibility index (Phi) is 4.15. The molecular weight excluding hydrogens is 290 g/mol. The fourth-order valence-electron chi connectivity index (χ4n) is 3.45. The van der Waals surface area contributed by atoms with E-state index >= 15 is 0 Å². The molecule has 2 amide bonds. The molecule has 0 saturated carbocycles. The van der Waals surface area contributed by atoms with Gasteiger partial charge in [0.15, 0.2) is 0 Å². The number of fused-ring (bicyclic) bond motifs is 1. The fraction of sp³-hybridized carbons (Fsp3) is 0.556. The van der Waals surface area contributed by atoms with Gasteiger partial charge in [0.05, 0.1) is 5.92 Å². The number of piperazine rings is 1. The van der Waals surface area contributed by atoms with Gasteiger partial charge >= 0.3 is 0 Å². The Bertz CT molecular complexity index is 613. The quantitative estimate of drug-likeness (QED) is 0.863. The van der Waals surface area contributed by atoms with Gasteiger partial charge in [0, 0.05) is 43.8 Å². The maximum absolute atomic E-state index is 12.9. The first-order valence-electron chi connectivity index (χ1n) is 8.29. The third kappa shape index (κ3) is 3.24. The molecule has 1 N–H and O–H groups in total. The van der Waals surface area contributed by atoms with Crippen LogP contribution in [0.2, 0.25) is 0 Å². The minimum Gasteiger partial charge on any atom is -0.340 e. The summed E-state index contributed by atoms with van der Waals surface area (Å²) < 4.78 is 0. The highest BCUT2D eigenvalue weighted by Gasteiger charge is 2.35. The van der Waals surface area contributed by atoms with Gasteiger partial charge < -0.3 is 10.2 Å². The lowest BCUT2D eigenvalue weighted by Crippen LogP contribution is -2.55. The van der Waals surface area contributed by atoms with E-state index < -0.39 is 0 Å². The first-order valence-corrected chi connectivity index (χ1v) is 8.29. The molecule has 1 aromatic rings. The minimum absolute atomic E-state index is 0.0737. The van der Waals surface area contributed by atoms with Gasteiger partial charge in [-0.15, -0.1) is 0 Å². The zero-order chi connectivity index (χ0) is 16.6. The van der Waals surface area contributed by atoms with Gasteiger partial charge in [-0.3, -0.25) is 14.5 Å². The van der Waals surface area contributed by atoms with Gasteiger partial charge in [-0.2, -0.15) is 0 Å². The molecule has 2 aliphatic heterocycles. The summed E-state index contributed by atoms with van der Waals surface area (Å²) in [5.41, 5.74) is 1.85. The van der Waals surface area contributed by atoms with Crippen LogP contribution in [0.3, 0.4) is 0 Å². The number of hydrogen-bond acceptors (Lipinski definition) is 3. The van der Waals surface area contributed by atoms with Crippen LogP contribution in [-0.2, 0) is 9.59 Å². The average Bonchev–Trinajstić information content (AvgIpc) is 2.52. The highest BCUT2D eigenvalue weighted by molar-refractivity contribution is 6.01. The molecule has 2 aliphatic rings. The van der Waals surface area contributed by atoms with E-state index in [1.807, 2.05) is 29.2 Å². The first-order chi connectivity index (χ1) is 10.9. The van der Waals surface area contributed by atoms with Crippen molar-refractivity contribution in [1.82, 2.24) is 9.80 Å². The van der Waals surface area contributed by atoms with Crippen LogP contribution in [0.1, 0.15) is 38.7 Å². The van der Waals surface area contributed by atoms with Crippen molar-refractivity contribution in [2.75, 3.05) is 31.5 Å². The summed E-state index contributed by atoms with van der Waals surface area (Å²) in [5, 5.41) is 2.86. The molecule has 0 bridgehead atoms. The molecule has 0 aliphatic carbocycles. The normalized spacial score (nSPS) is 22.5. The van der Waals surface area contributed by atoms with Crippen molar-refractivity contribution in [3.05, 3.63) is 29.8 Å². The molecule has 1 fully saturated rings. The minimum atomic E-state index is -0.346.